The van der Waals surface area contributed by atoms with Crippen LogP contribution in [0.1, 0.15) is 28.8 Å². The largest absolute Gasteiger partial charge is 0.378 e. The van der Waals surface area contributed by atoms with Gasteiger partial charge in [-0.15, -0.1) is 0 Å². The molecule has 0 heterocycles. The second-order valence-corrected chi connectivity index (χ2v) is 6.42. The fraction of sp³-hybridized carbons (Fsp3) is 0.278. The van der Waals surface area contributed by atoms with E-state index in [0.29, 0.717) is 10.6 Å². The summed E-state index contributed by atoms with van der Waals surface area (Å²) in [4.78, 5) is 14.5. The van der Waals surface area contributed by atoms with Crippen molar-refractivity contribution in [2.45, 2.75) is 18.4 Å². The topological polar surface area (TPSA) is 32.3 Å². The Kier molecular flexibility index (Phi) is 3.83. The fourth-order valence-corrected chi connectivity index (χ4v) is 2.71. The maximum absolute atomic E-state index is 12.5. The summed E-state index contributed by atoms with van der Waals surface area (Å²) in [5, 5.41) is 3.89. The molecule has 1 aliphatic carbocycles. The van der Waals surface area contributed by atoms with Crippen LogP contribution in [0.5, 0.6) is 0 Å². The first-order valence-electron chi connectivity index (χ1n) is 7.36. The van der Waals surface area contributed by atoms with E-state index < -0.39 is 0 Å². The Labute approximate surface area is 135 Å². The Morgan fingerprint density at radius 1 is 1.05 bits per heavy atom. The van der Waals surface area contributed by atoms with Gasteiger partial charge < -0.3 is 10.2 Å². The molecule has 0 bridgehead atoms. The van der Waals surface area contributed by atoms with Gasteiger partial charge in [0.2, 0.25) is 0 Å². The van der Waals surface area contributed by atoms with Crippen LogP contribution in [0.25, 0.3) is 0 Å². The molecule has 0 spiro atoms. The fourth-order valence-electron chi connectivity index (χ4n) is 2.58. The van der Waals surface area contributed by atoms with Crippen LogP contribution in [0.2, 0.25) is 5.02 Å². The minimum Gasteiger partial charge on any atom is -0.378 e. The molecule has 2 aromatic rings. The van der Waals surface area contributed by atoms with E-state index in [-0.39, 0.29) is 11.4 Å². The lowest BCUT2D eigenvalue weighted by Crippen LogP contribution is -2.34. The van der Waals surface area contributed by atoms with Crippen molar-refractivity contribution < 1.29 is 4.79 Å². The van der Waals surface area contributed by atoms with E-state index in [1.165, 1.54) is 0 Å². The Hall–Kier alpha value is -2.00. The number of amides is 1. The van der Waals surface area contributed by atoms with Crippen LogP contribution in [0.4, 0.5) is 5.69 Å². The van der Waals surface area contributed by atoms with E-state index in [1.54, 1.807) is 0 Å². The van der Waals surface area contributed by atoms with Crippen LogP contribution >= 0.6 is 11.6 Å². The predicted molar refractivity (Wildman–Crippen MR) is 90.6 cm³/mol. The zero-order valence-corrected chi connectivity index (χ0v) is 13.5. The normalized spacial score (nSPS) is 15.2. The molecule has 1 N–H and O–H groups in total. The number of rotatable bonds is 4. The third-order valence-electron chi connectivity index (χ3n) is 4.15. The molecule has 0 aliphatic heterocycles. The molecular formula is C18H19ClN2O. The maximum atomic E-state index is 12.5. The summed E-state index contributed by atoms with van der Waals surface area (Å²) in [5.74, 6) is -0.0299. The van der Waals surface area contributed by atoms with Gasteiger partial charge in [0.15, 0.2) is 0 Å². The van der Waals surface area contributed by atoms with Crippen molar-refractivity contribution in [3.8, 4) is 0 Å². The number of carbonyl (C=O) groups excluding carboxylic acids is 1. The molecule has 1 aliphatic rings. The predicted octanol–water partition coefficient (Wildman–Crippen LogP) is 3.83. The molecule has 0 radical (unpaired) electrons. The second kappa shape index (κ2) is 5.65. The average Bonchev–Trinajstić information content (AvgIpc) is 3.28. The van der Waals surface area contributed by atoms with Crippen LogP contribution in [-0.2, 0) is 5.54 Å². The summed E-state index contributed by atoms with van der Waals surface area (Å²) in [7, 11) is 3.96. The van der Waals surface area contributed by atoms with E-state index in [1.807, 2.05) is 67.5 Å². The van der Waals surface area contributed by atoms with Gasteiger partial charge in [0.1, 0.15) is 0 Å². The summed E-state index contributed by atoms with van der Waals surface area (Å²) in [6.45, 7) is 0. The summed E-state index contributed by atoms with van der Waals surface area (Å²) in [6, 6.07) is 15.4. The standard InChI is InChI=1S/C18H19ClN2O/c1-21(2)16-9-3-13(4-10-16)17(22)20-18(11-12-18)14-5-7-15(19)8-6-14/h3-10H,11-12H2,1-2H3,(H,20,22). The van der Waals surface area contributed by atoms with Crippen LogP contribution in [0, 0.1) is 0 Å². The highest BCUT2D eigenvalue weighted by molar-refractivity contribution is 6.30. The van der Waals surface area contributed by atoms with Gasteiger partial charge in [-0.1, -0.05) is 23.7 Å². The van der Waals surface area contributed by atoms with Gasteiger partial charge in [-0.05, 0) is 54.8 Å². The Balaban J connectivity index is 1.75. The van der Waals surface area contributed by atoms with Gasteiger partial charge in [0.25, 0.3) is 5.91 Å². The number of anilines is 1. The van der Waals surface area contributed by atoms with E-state index in [0.717, 1.165) is 24.1 Å². The maximum Gasteiger partial charge on any atom is 0.251 e. The number of halogens is 1. The van der Waals surface area contributed by atoms with Crippen LogP contribution < -0.4 is 10.2 Å². The number of benzene rings is 2. The van der Waals surface area contributed by atoms with Gasteiger partial charge in [-0.2, -0.15) is 0 Å². The van der Waals surface area contributed by atoms with Crippen molar-refractivity contribution in [1.82, 2.24) is 5.32 Å². The number of nitrogens with one attached hydrogen (secondary N) is 1. The summed E-state index contributed by atoms with van der Waals surface area (Å²) in [5.41, 5.74) is 2.67. The van der Waals surface area contributed by atoms with E-state index >= 15 is 0 Å². The first-order valence-corrected chi connectivity index (χ1v) is 7.74. The molecule has 4 heteroatoms. The van der Waals surface area contributed by atoms with Crippen molar-refractivity contribution in [3.05, 3.63) is 64.7 Å². The highest BCUT2D eigenvalue weighted by atomic mass is 35.5. The summed E-state index contributed by atoms with van der Waals surface area (Å²) >= 11 is 5.93. The Morgan fingerprint density at radius 2 is 1.64 bits per heavy atom. The highest BCUT2D eigenvalue weighted by Gasteiger charge is 2.45. The highest BCUT2D eigenvalue weighted by Crippen LogP contribution is 2.45. The Morgan fingerprint density at radius 3 is 2.14 bits per heavy atom. The SMILES string of the molecule is CN(C)c1ccc(C(=O)NC2(c3ccc(Cl)cc3)CC2)cc1. The van der Waals surface area contributed by atoms with Crippen molar-refractivity contribution in [1.29, 1.82) is 0 Å². The summed E-state index contributed by atoms with van der Waals surface area (Å²) in [6.07, 6.45) is 1.94. The number of hydrogen-bond donors (Lipinski definition) is 1. The quantitative estimate of drug-likeness (QED) is 0.930. The molecule has 0 unspecified atom stereocenters. The average molecular weight is 315 g/mol. The molecule has 2 aromatic carbocycles. The molecule has 3 nitrogen and oxygen atoms in total. The molecule has 22 heavy (non-hydrogen) atoms. The third-order valence-corrected chi connectivity index (χ3v) is 4.40. The molecule has 1 amide bonds. The number of carbonyl (C=O) groups is 1. The first-order chi connectivity index (χ1) is 10.5. The minimum absolute atomic E-state index is 0.0299. The Bertz CT molecular complexity index is 673. The molecule has 114 valence electrons. The second-order valence-electron chi connectivity index (χ2n) is 5.98. The van der Waals surface area contributed by atoms with Crippen molar-refractivity contribution in [2.75, 3.05) is 19.0 Å². The molecule has 0 aromatic heterocycles. The van der Waals surface area contributed by atoms with Crippen molar-refractivity contribution >= 4 is 23.2 Å². The molecule has 0 atom stereocenters. The van der Waals surface area contributed by atoms with Gasteiger partial charge in [-0.25, -0.2) is 0 Å². The van der Waals surface area contributed by atoms with Crippen LogP contribution in [0.15, 0.2) is 48.5 Å². The lowest BCUT2D eigenvalue weighted by Gasteiger charge is -2.19. The lowest BCUT2D eigenvalue weighted by molar-refractivity contribution is 0.0931. The molecule has 0 saturated heterocycles. The lowest BCUT2D eigenvalue weighted by atomic mass is 10.0. The zero-order chi connectivity index (χ0) is 15.7. The number of nitrogens with zero attached hydrogens (tertiary/aromatic N) is 1. The first kappa shape index (κ1) is 14.9. The zero-order valence-electron chi connectivity index (χ0n) is 12.8. The monoisotopic (exact) mass is 314 g/mol. The van der Waals surface area contributed by atoms with Gasteiger partial charge in [0.05, 0.1) is 5.54 Å². The van der Waals surface area contributed by atoms with Gasteiger partial charge in [0, 0.05) is 30.4 Å². The molecule has 3 rings (SSSR count). The minimum atomic E-state index is -0.220. The van der Waals surface area contributed by atoms with E-state index in [2.05, 4.69) is 5.32 Å². The van der Waals surface area contributed by atoms with Crippen LogP contribution in [0.3, 0.4) is 0 Å². The molecular weight excluding hydrogens is 296 g/mol. The van der Waals surface area contributed by atoms with Crippen molar-refractivity contribution in [2.24, 2.45) is 0 Å². The third kappa shape index (κ3) is 2.95. The number of hydrogen-bond acceptors (Lipinski definition) is 2. The van der Waals surface area contributed by atoms with Gasteiger partial charge in [-0.3, -0.25) is 4.79 Å². The van der Waals surface area contributed by atoms with Gasteiger partial charge >= 0.3 is 0 Å². The smallest absolute Gasteiger partial charge is 0.251 e. The molecule has 1 saturated carbocycles. The van der Waals surface area contributed by atoms with E-state index in [4.69, 9.17) is 11.6 Å². The van der Waals surface area contributed by atoms with Crippen molar-refractivity contribution in [3.63, 3.8) is 0 Å². The van der Waals surface area contributed by atoms with E-state index in [9.17, 15) is 4.79 Å². The van der Waals surface area contributed by atoms with Crippen LogP contribution in [-0.4, -0.2) is 20.0 Å². The molecule has 1 fully saturated rings. The summed E-state index contributed by atoms with van der Waals surface area (Å²) < 4.78 is 0.